The molecule has 0 fully saturated rings. The van der Waals surface area contributed by atoms with Crippen LogP contribution in [0.1, 0.15) is 22.3 Å². The third-order valence-electron chi connectivity index (χ3n) is 4.85. The number of benzene rings is 1. The third kappa shape index (κ3) is 3.29. The van der Waals surface area contributed by atoms with Gasteiger partial charge < -0.3 is 33.1 Å². The lowest BCUT2D eigenvalue weighted by atomic mass is 10.0. The molecular weight excluding hydrogens is 509 g/mol. The molecule has 0 spiro atoms. The van der Waals surface area contributed by atoms with E-state index in [1.54, 1.807) is 0 Å². The molecule has 26 heavy (non-hydrogen) atoms. The molecule has 6 heteroatoms. The molecule has 1 aromatic carbocycles. The van der Waals surface area contributed by atoms with Gasteiger partial charge in [0.25, 0.3) is 0 Å². The summed E-state index contributed by atoms with van der Waals surface area (Å²) in [5.41, 5.74) is 4.49. The van der Waals surface area contributed by atoms with Crippen LogP contribution in [0.3, 0.4) is 0 Å². The van der Waals surface area contributed by atoms with E-state index in [-0.39, 0.29) is 35.7 Å². The van der Waals surface area contributed by atoms with E-state index in [9.17, 15) is 4.79 Å². The van der Waals surface area contributed by atoms with E-state index >= 15 is 0 Å². The van der Waals surface area contributed by atoms with Gasteiger partial charge in [0.2, 0.25) is 0 Å². The van der Waals surface area contributed by atoms with Crippen LogP contribution in [-0.4, -0.2) is 6.10 Å². The highest BCUT2D eigenvalue weighted by Crippen LogP contribution is 2.38. The van der Waals surface area contributed by atoms with Crippen molar-refractivity contribution in [3.05, 3.63) is 67.7 Å². The van der Waals surface area contributed by atoms with E-state index in [0.717, 1.165) is 35.2 Å². The van der Waals surface area contributed by atoms with Gasteiger partial charge >= 0.3 is 5.63 Å². The minimum atomic E-state index is -0.349. The summed E-state index contributed by atoms with van der Waals surface area (Å²) in [5.74, 6) is 0.857. The number of pyridine rings is 1. The van der Waals surface area contributed by atoms with E-state index in [1.807, 2.05) is 13.8 Å². The highest BCUT2D eigenvalue weighted by Gasteiger charge is 2.29. The van der Waals surface area contributed by atoms with Crippen molar-refractivity contribution in [3.63, 3.8) is 0 Å². The first-order valence-corrected chi connectivity index (χ1v) is 9.11. The molecule has 4 nitrogen and oxygen atoms in total. The number of fused-ring (bicyclic) bond motifs is 2. The Hall–Kier alpha value is -1.41. The van der Waals surface area contributed by atoms with Gasteiger partial charge in [0.15, 0.2) is 25.0 Å². The molecule has 0 amide bonds. The molecule has 0 bridgehead atoms. The van der Waals surface area contributed by atoms with Gasteiger partial charge in [0, 0.05) is 29.5 Å². The smallest absolute Gasteiger partial charge is 0.350 e. The summed E-state index contributed by atoms with van der Waals surface area (Å²) >= 11 is 3.33. The maximum absolute atomic E-state index is 12.0. The van der Waals surface area contributed by atoms with Gasteiger partial charge in [-0.25, -0.2) is 9.36 Å². The molecule has 0 aliphatic carbocycles. The molecule has 4 rings (SSSR count). The summed E-state index contributed by atoms with van der Waals surface area (Å²) in [7, 11) is 0. The Bertz CT molecular complexity index is 1040. The molecule has 3 heterocycles. The van der Waals surface area contributed by atoms with Crippen molar-refractivity contribution in [2.45, 2.75) is 39.8 Å². The molecule has 136 valence electrons. The summed E-state index contributed by atoms with van der Waals surface area (Å²) in [4.78, 5) is 12.0. The normalized spacial score (nSPS) is 15.5. The van der Waals surface area contributed by atoms with Gasteiger partial charge in [-0.05, 0) is 59.5 Å². The SMILES string of the molecule is Cc1cc[n+](CC2Cc3cc4c(C)c(Br)c(=O)oc4c(C)c3O2)cc1.[I-]. The van der Waals surface area contributed by atoms with Crippen molar-refractivity contribution < 1.29 is 37.7 Å². The average molecular weight is 528 g/mol. The zero-order chi connectivity index (χ0) is 17.7. The second-order valence-corrected chi connectivity index (χ2v) is 7.50. The highest BCUT2D eigenvalue weighted by molar-refractivity contribution is 9.10. The van der Waals surface area contributed by atoms with E-state index in [0.29, 0.717) is 10.1 Å². The maximum Gasteiger partial charge on any atom is 0.350 e. The summed E-state index contributed by atoms with van der Waals surface area (Å²) in [6, 6.07) is 6.29. The van der Waals surface area contributed by atoms with Crippen molar-refractivity contribution in [1.29, 1.82) is 0 Å². The molecule has 1 unspecified atom stereocenters. The molecule has 1 aliphatic heterocycles. The van der Waals surface area contributed by atoms with Crippen LogP contribution in [0.5, 0.6) is 5.75 Å². The Balaban J connectivity index is 0.00000196. The predicted molar refractivity (Wildman–Crippen MR) is 99.2 cm³/mol. The van der Waals surface area contributed by atoms with Crippen LogP contribution >= 0.6 is 15.9 Å². The maximum atomic E-state index is 12.0. The monoisotopic (exact) mass is 527 g/mol. The van der Waals surface area contributed by atoms with Crippen LogP contribution in [0.2, 0.25) is 0 Å². The fraction of sp³-hybridized carbons (Fsp3) is 0.300. The number of nitrogens with zero attached hydrogens (tertiary/aromatic N) is 1. The zero-order valence-corrected chi connectivity index (χ0v) is 18.5. The van der Waals surface area contributed by atoms with Gasteiger partial charge in [0.1, 0.15) is 15.8 Å². The second-order valence-electron chi connectivity index (χ2n) is 6.71. The lowest BCUT2D eigenvalue weighted by Gasteiger charge is -2.11. The van der Waals surface area contributed by atoms with Crippen molar-refractivity contribution in [1.82, 2.24) is 0 Å². The Morgan fingerprint density at radius 2 is 1.88 bits per heavy atom. The topological polar surface area (TPSA) is 43.3 Å². The van der Waals surface area contributed by atoms with Crippen LogP contribution in [0.4, 0.5) is 0 Å². The van der Waals surface area contributed by atoms with Crippen LogP contribution in [-0.2, 0) is 13.0 Å². The lowest BCUT2D eigenvalue weighted by molar-refractivity contribution is -0.702. The lowest BCUT2D eigenvalue weighted by Crippen LogP contribution is -3.00. The second kappa shape index (κ2) is 7.31. The molecule has 1 atom stereocenters. The van der Waals surface area contributed by atoms with Crippen LogP contribution in [0, 0.1) is 20.8 Å². The number of rotatable bonds is 2. The minimum absolute atomic E-state index is 0. The summed E-state index contributed by atoms with van der Waals surface area (Å²) < 4.78 is 14.3. The fourth-order valence-electron chi connectivity index (χ4n) is 3.43. The standard InChI is InChI=1S/C20H19BrNO3.HI/c1-11-4-6-22(7-5-11)10-15-8-14-9-16-12(2)17(21)20(23)25-19(16)13(3)18(14)24-15;/h4-7,9,15H,8,10H2,1-3H3;1H/q+1;/p-1. The van der Waals surface area contributed by atoms with Crippen molar-refractivity contribution >= 4 is 26.9 Å². The zero-order valence-electron chi connectivity index (χ0n) is 14.8. The number of halogens is 2. The molecule has 0 saturated heterocycles. The quantitative estimate of drug-likeness (QED) is 0.281. The van der Waals surface area contributed by atoms with E-state index in [1.165, 1.54) is 11.1 Å². The fourth-order valence-corrected chi connectivity index (χ4v) is 3.72. The Morgan fingerprint density at radius 1 is 1.19 bits per heavy atom. The Labute approximate surface area is 177 Å². The Kier molecular flexibility index (Phi) is 5.44. The van der Waals surface area contributed by atoms with Crippen LogP contribution in [0.15, 0.2) is 44.3 Å². The van der Waals surface area contributed by atoms with Crippen LogP contribution in [0.25, 0.3) is 11.0 Å². The summed E-state index contributed by atoms with van der Waals surface area (Å²) in [6.45, 7) is 6.76. The van der Waals surface area contributed by atoms with E-state index in [4.69, 9.17) is 9.15 Å². The summed E-state index contributed by atoms with van der Waals surface area (Å²) in [5, 5.41) is 0.968. The van der Waals surface area contributed by atoms with Gasteiger partial charge in [-0.3, -0.25) is 0 Å². The molecular formula is C20H19BrINO3. The number of ether oxygens (including phenoxy) is 1. The number of aryl methyl sites for hydroxylation is 3. The first-order chi connectivity index (χ1) is 11.9. The molecule has 2 aromatic heterocycles. The number of hydrogen-bond acceptors (Lipinski definition) is 3. The number of aromatic nitrogens is 1. The molecule has 3 aromatic rings. The van der Waals surface area contributed by atoms with Gasteiger partial charge in [-0.1, -0.05) is 0 Å². The Morgan fingerprint density at radius 3 is 2.58 bits per heavy atom. The summed E-state index contributed by atoms with van der Waals surface area (Å²) in [6.07, 6.45) is 5.08. The van der Waals surface area contributed by atoms with Crippen molar-refractivity contribution in [2.24, 2.45) is 0 Å². The van der Waals surface area contributed by atoms with E-state index in [2.05, 4.69) is 58.0 Å². The minimum Gasteiger partial charge on any atom is -1.00 e. The third-order valence-corrected chi connectivity index (χ3v) is 5.77. The van der Waals surface area contributed by atoms with Gasteiger partial charge in [0.05, 0.1) is 0 Å². The van der Waals surface area contributed by atoms with Crippen LogP contribution < -0.4 is 38.9 Å². The molecule has 0 saturated carbocycles. The van der Waals surface area contributed by atoms with Gasteiger partial charge in [-0.2, -0.15) is 0 Å². The first kappa shape index (κ1) is 19.4. The molecule has 0 N–H and O–H groups in total. The van der Waals surface area contributed by atoms with Gasteiger partial charge in [-0.15, -0.1) is 0 Å². The predicted octanol–water partition coefficient (Wildman–Crippen LogP) is 0.776. The largest absolute Gasteiger partial charge is 1.00 e. The average Bonchev–Trinajstić information content (AvgIpc) is 2.99. The first-order valence-electron chi connectivity index (χ1n) is 8.32. The van der Waals surface area contributed by atoms with E-state index < -0.39 is 0 Å². The molecule has 1 aliphatic rings. The van der Waals surface area contributed by atoms with Crippen molar-refractivity contribution in [3.8, 4) is 5.75 Å². The number of hydrogen-bond donors (Lipinski definition) is 0. The molecule has 0 radical (unpaired) electrons. The van der Waals surface area contributed by atoms with Crippen molar-refractivity contribution in [2.75, 3.05) is 0 Å². The highest BCUT2D eigenvalue weighted by atomic mass is 127.